The zero-order chi connectivity index (χ0) is 14.3. The quantitative estimate of drug-likeness (QED) is 0.571. The summed E-state index contributed by atoms with van der Waals surface area (Å²) >= 11 is 0. The van der Waals surface area contributed by atoms with Crippen molar-refractivity contribution in [3.63, 3.8) is 0 Å². The van der Waals surface area contributed by atoms with E-state index in [4.69, 9.17) is 14.2 Å². The third kappa shape index (κ3) is 3.94. The predicted molar refractivity (Wildman–Crippen MR) is 66.8 cm³/mol. The Morgan fingerprint density at radius 1 is 1.16 bits per heavy atom. The van der Waals surface area contributed by atoms with Crippen molar-refractivity contribution in [2.45, 2.75) is 19.8 Å². The zero-order valence-corrected chi connectivity index (χ0v) is 11.2. The molecule has 0 fully saturated rings. The van der Waals surface area contributed by atoms with Crippen LogP contribution in [0.25, 0.3) is 0 Å². The zero-order valence-electron chi connectivity index (χ0n) is 11.2. The standard InChI is InChI=1S/C13H17NO5/c1-4-18-12(15)11(13(16)19-5-2)9-6-7-10(17-3)14-8-9/h6-8,11H,4-5H2,1-3H3. The van der Waals surface area contributed by atoms with Gasteiger partial charge in [0.2, 0.25) is 5.88 Å². The number of carbonyl (C=O) groups excluding carboxylic acids is 2. The minimum atomic E-state index is -1.11. The van der Waals surface area contributed by atoms with E-state index in [1.165, 1.54) is 13.3 Å². The first kappa shape index (κ1) is 14.9. The van der Waals surface area contributed by atoms with Gasteiger partial charge in [-0.3, -0.25) is 9.59 Å². The first-order valence-electron chi connectivity index (χ1n) is 5.97. The van der Waals surface area contributed by atoms with Crippen molar-refractivity contribution in [2.75, 3.05) is 20.3 Å². The molecule has 0 saturated heterocycles. The Morgan fingerprint density at radius 2 is 1.74 bits per heavy atom. The van der Waals surface area contributed by atoms with Gasteiger partial charge in [-0.2, -0.15) is 0 Å². The highest BCUT2D eigenvalue weighted by Gasteiger charge is 2.31. The minimum Gasteiger partial charge on any atom is -0.481 e. The van der Waals surface area contributed by atoms with Gasteiger partial charge in [-0.05, 0) is 19.4 Å². The van der Waals surface area contributed by atoms with E-state index in [1.807, 2.05) is 0 Å². The molecule has 6 nitrogen and oxygen atoms in total. The molecule has 0 aromatic carbocycles. The second-order valence-corrected chi connectivity index (χ2v) is 3.57. The van der Waals surface area contributed by atoms with Gasteiger partial charge < -0.3 is 14.2 Å². The maximum atomic E-state index is 11.8. The molecule has 0 bridgehead atoms. The van der Waals surface area contributed by atoms with E-state index < -0.39 is 17.9 Å². The van der Waals surface area contributed by atoms with Gasteiger partial charge >= 0.3 is 11.9 Å². The number of carbonyl (C=O) groups is 2. The van der Waals surface area contributed by atoms with Gasteiger partial charge in [0.25, 0.3) is 0 Å². The van der Waals surface area contributed by atoms with Crippen LogP contribution in [-0.2, 0) is 19.1 Å². The predicted octanol–water partition coefficient (Wildman–Crippen LogP) is 1.30. The van der Waals surface area contributed by atoms with Crippen molar-refractivity contribution in [3.8, 4) is 5.88 Å². The molecule has 0 N–H and O–H groups in total. The van der Waals surface area contributed by atoms with Crippen LogP contribution in [0.5, 0.6) is 5.88 Å². The highest BCUT2D eigenvalue weighted by Crippen LogP contribution is 2.20. The lowest BCUT2D eigenvalue weighted by Crippen LogP contribution is -2.26. The Labute approximate surface area is 111 Å². The van der Waals surface area contributed by atoms with Crippen LogP contribution in [0.15, 0.2) is 18.3 Å². The molecular formula is C13H17NO5. The molecule has 0 radical (unpaired) electrons. The normalized spacial score (nSPS) is 10.1. The van der Waals surface area contributed by atoms with Crippen LogP contribution in [0.4, 0.5) is 0 Å². The second-order valence-electron chi connectivity index (χ2n) is 3.57. The number of hydrogen-bond acceptors (Lipinski definition) is 6. The Hall–Kier alpha value is -2.11. The fourth-order valence-corrected chi connectivity index (χ4v) is 1.50. The molecular weight excluding hydrogens is 250 g/mol. The summed E-state index contributed by atoms with van der Waals surface area (Å²) in [6.07, 6.45) is 1.40. The van der Waals surface area contributed by atoms with Crippen LogP contribution >= 0.6 is 0 Å². The number of hydrogen-bond donors (Lipinski definition) is 0. The van der Waals surface area contributed by atoms with Gasteiger partial charge in [0.1, 0.15) is 0 Å². The second kappa shape index (κ2) is 7.35. The van der Waals surface area contributed by atoms with Gasteiger partial charge in [-0.1, -0.05) is 6.07 Å². The Bertz CT molecular complexity index is 411. The summed E-state index contributed by atoms with van der Waals surface area (Å²) in [5.74, 6) is -2.01. The first-order valence-corrected chi connectivity index (χ1v) is 5.97. The lowest BCUT2D eigenvalue weighted by atomic mass is 10.0. The number of esters is 2. The van der Waals surface area contributed by atoms with Gasteiger partial charge in [-0.15, -0.1) is 0 Å². The van der Waals surface area contributed by atoms with Crippen molar-refractivity contribution in [1.82, 2.24) is 4.98 Å². The Morgan fingerprint density at radius 3 is 2.11 bits per heavy atom. The number of nitrogens with zero attached hydrogens (tertiary/aromatic N) is 1. The molecule has 6 heteroatoms. The number of pyridine rings is 1. The third-order valence-electron chi connectivity index (χ3n) is 2.35. The molecule has 0 aliphatic heterocycles. The van der Waals surface area contributed by atoms with Crippen LogP contribution in [0.3, 0.4) is 0 Å². The summed E-state index contributed by atoms with van der Waals surface area (Å²) in [6, 6.07) is 3.16. The van der Waals surface area contributed by atoms with E-state index in [2.05, 4.69) is 4.98 Å². The van der Waals surface area contributed by atoms with Crippen molar-refractivity contribution in [2.24, 2.45) is 0 Å². The minimum absolute atomic E-state index is 0.193. The molecule has 1 aromatic rings. The molecule has 0 spiro atoms. The lowest BCUT2D eigenvalue weighted by Gasteiger charge is -2.14. The van der Waals surface area contributed by atoms with Gasteiger partial charge in [0.15, 0.2) is 5.92 Å². The SMILES string of the molecule is CCOC(=O)C(C(=O)OCC)c1ccc(OC)nc1. The smallest absolute Gasteiger partial charge is 0.324 e. The largest absolute Gasteiger partial charge is 0.481 e. The highest BCUT2D eigenvalue weighted by molar-refractivity contribution is 6.00. The summed E-state index contributed by atoms with van der Waals surface area (Å²) in [5.41, 5.74) is 0.415. The monoisotopic (exact) mass is 267 g/mol. The van der Waals surface area contributed by atoms with Crippen LogP contribution in [0.2, 0.25) is 0 Å². The Balaban J connectivity index is 3.00. The van der Waals surface area contributed by atoms with E-state index in [0.717, 1.165) is 0 Å². The average molecular weight is 267 g/mol. The maximum absolute atomic E-state index is 11.8. The molecule has 0 amide bonds. The molecule has 0 aliphatic carbocycles. The van der Waals surface area contributed by atoms with E-state index in [-0.39, 0.29) is 13.2 Å². The Kier molecular flexibility index (Phi) is 5.78. The number of ether oxygens (including phenoxy) is 3. The van der Waals surface area contributed by atoms with Crippen molar-refractivity contribution in [1.29, 1.82) is 0 Å². The van der Waals surface area contributed by atoms with E-state index in [9.17, 15) is 9.59 Å². The van der Waals surface area contributed by atoms with Crippen molar-refractivity contribution < 1.29 is 23.8 Å². The topological polar surface area (TPSA) is 74.7 Å². The van der Waals surface area contributed by atoms with Crippen LogP contribution in [-0.4, -0.2) is 37.2 Å². The third-order valence-corrected chi connectivity index (χ3v) is 2.35. The summed E-state index contributed by atoms with van der Waals surface area (Å²) < 4.78 is 14.7. The molecule has 1 rings (SSSR count). The summed E-state index contributed by atoms with van der Waals surface area (Å²) in [4.78, 5) is 27.6. The van der Waals surface area contributed by atoms with Gasteiger partial charge in [0.05, 0.1) is 20.3 Å². The molecule has 1 heterocycles. The van der Waals surface area contributed by atoms with E-state index in [0.29, 0.717) is 11.4 Å². The molecule has 19 heavy (non-hydrogen) atoms. The van der Waals surface area contributed by atoms with Crippen LogP contribution in [0, 0.1) is 0 Å². The van der Waals surface area contributed by atoms with Gasteiger partial charge in [-0.25, -0.2) is 4.98 Å². The van der Waals surface area contributed by atoms with Gasteiger partial charge in [0, 0.05) is 12.3 Å². The van der Waals surface area contributed by atoms with Crippen LogP contribution in [0.1, 0.15) is 25.3 Å². The number of methoxy groups -OCH3 is 1. The molecule has 0 unspecified atom stereocenters. The summed E-state index contributed by atoms with van der Waals surface area (Å²) in [6.45, 7) is 3.73. The summed E-state index contributed by atoms with van der Waals surface area (Å²) in [7, 11) is 1.48. The number of rotatable bonds is 6. The van der Waals surface area contributed by atoms with E-state index >= 15 is 0 Å². The fourth-order valence-electron chi connectivity index (χ4n) is 1.50. The highest BCUT2D eigenvalue weighted by atomic mass is 16.6. The molecule has 104 valence electrons. The van der Waals surface area contributed by atoms with E-state index in [1.54, 1.807) is 26.0 Å². The van der Waals surface area contributed by atoms with Crippen molar-refractivity contribution >= 4 is 11.9 Å². The molecule has 0 aliphatic rings. The van der Waals surface area contributed by atoms with Crippen LogP contribution < -0.4 is 4.74 Å². The van der Waals surface area contributed by atoms with Crippen molar-refractivity contribution in [3.05, 3.63) is 23.9 Å². The molecule has 0 atom stereocenters. The fraction of sp³-hybridized carbons (Fsp3) is 0.462. The lowest BCUT2D eigenvalue weighted by molar-refractivity contribution is -0.156. The number of aromatic nitrogens is 1. The molecule has 0 saturated carbocycles. The first-order chi connectivity index (χ1) is 9.13. The molecule has 1 aromatic heterocycles. The average Bonchev–Trinajstić information content (AvgIpc) is 2.40. The maximum Gasteiger partial charge on any atom is 0.324 e. The summed E-state index contributed by atoms with van der Waals surface area (Å²) in [5, 5.41) is 0.